The number of nitrogens with zero attached hydrogens (tertiary/aromatic N) is 1. The Morgan fingerprint density at radius 3 is 2.12 bits per heavy atom. The predicted molar refractivity (Wildman–Crippen MR) is 41.8 cm³/mol. The Morgan fingerprint density at radius 1 is 1.50 bits per heavy atom. The normalized spacial score (nSPS) is 12.9. The van der Waals surface area contributed by atoms with Crippen molar-refractivity contribution in [3.63, 3.8) is 0 Å². The van der Waals surface area contributed by atoms with E-state index in [0.29, 0.717) is 6.04 Å². The maximum absolute atomic E-state index is 4.28. The third-order valence-electron chi connectivity index (χ3n) is 0.735. The van der Waals surface area contributed by atoms with Crippen molar-refractivity contribution in [1.29, 1.82) is 0 Å². The molecule has 0 aliphatic rings. The van der Waals surface area contributed by atoms with Crippen molar-refractivity contribution in [3.8, 4) is 0 Å². The van der Waals surface area contributed by atoms with E-state index in [1.807, 2.05) is 13.2 Å². The van der Waals surface area contributed by atoms with Crippen LogP contribution >= 0.6 is 11.8 Å². The number of hydrogen-bond donors (Lipinski definition) is 0. The minimum Gasteiger partial charge on any atom is -0.280 e. The summed E-state index contributed by atoms with van der Waals surface area (Å²) in [6.07, 6.45) is 2.04. The van der Waals surface area contributed by atoms with Crippen LogP contribution in [-0.2, 0) is 0 Å². The van der Waals surface area contributed by atoms with Crippen molar-refractivity contribution in [3.05, 3.63) is 0 Å². The second kappa shape index (κ2) is 3.96. The zero-order valence-corrected chi connectivity index (χ0v) is 6.75. The topological polar surface area (TPSA) is 12.4 Å². The Balaban J connectivity index is 3.56. The molecule has 0 spiro atoms. The fraction of sp³-hybridized carbons (Fsp3) is 0.833. The Morgan fingerprint density at radius 2 is 2.00 bits per heavy atom. The summed E-state index contributed by atoms with van der Waals surface area (Å²) in [6.45, 7) is 6.20. The van der Waals surface area contributed by atoms with Crippen molar-refractivity contribution in [1.82, 2.24) is 0 Å². The molecular formula is C6H13NS. The summed E-state index contributed by atoms with van der Waals surface area (Å²) in [4.78, 5) is 4.28. The van der Waals surface area contributed by atoms with Crippen molar-refractivity contribution in [2.45, 2.75) is 26.8 Å². The molecule has 0 bridgehead atoms. The molecule has 0 aliphatic heterocycles. The Bertz CT molecular complexity index is 86.5. The van der Waals surface area contributed by atoms with E-state index >= 15 is 0 Å². The van der Waals surface area contributed by atoms with E-state index < -0.39 is 0 Å². The zero-order chi connectivity index (χ0) is 6.57. The molecular weight excluding hydrogens is 118 g/mol. The lowest BCUT2D eigenvalue weighted by Crippen LogP contribution is -1.92. The van der Waals surface area contributed by atoms with Gasteiger partial charge < -0.3 is 0 Å². The van der Waals surface area contributed by atoms with Gasteiger partial charge in [-0.15, -0.1) is 11.8 Å². The van der Waals surface area contributed by atoms with Crippen molar-refractivity contribution >= 4 is 16.8 Å². The van der Waals surface area contributed by atoms with Crippen LogP contribution in [0.1, 0.15) is 20.8 Å². The lowest BCUT2D eigenvalue weighted by Gasteiger charge is -1.96. The largest absolute Gasteiger partial charge is 0.280 e. The molecule has 0 rings (SSSR count). The van der Waals surface area contributed by atoms with Crippen LogP contribution in [0.25, 0.3) is 0 Å². The van der Waals surface area contributed by atoms with Gasteiger partial charge in [0.15, 0.2) is 0 Å². The average molecular weight is 131 g/mol. The molecule has 0 radical (unpaired) electrons. The summed E-state index contributed by atoms with van der Waals surface area (Å²) in [5.74, 6) is 0. The maximum atomic E-state index is 4.28. The average Bonchev–Trinajstić information content (AvgIpc) is 1.65. The summed E-state index contributed by atoms with van der Waals surface area (Å²) >= 11 is 1.70. The first-order valence-corrected chi connectivity index (χ1v) is 3.97. The van der Waals surface area contributed by atoms with E-state index in [1.165, 1.54) is 5.04 Å². The molecule has 0 atom stereocenters. The van der Waals surface area contributed by atoms with Crippen LogP contribution in [0.4, 0.5) is 0 Å². The standard InChI is InChI=1S/C6H13NS/c1-5(2)7-6(3)8-4/h5H,1-4H3. The molecule has 0 unspecified atom stereocenters. The third kappa shape index (κ3) is 4.19. The molecule has 0 aromatic carbocycles. The molecule has 2 heteroatoms. The molecule has 0 aromatic heterocycles. The van der Waals surface area contributed by atoms with E-state index in [-0.39, 0.29) is 0 Å². The summed E-state index contributed by atoms with van der Waals surface area (Å²) in [5.41, 5.74) is 0. The van der Waals surface area contributed by atoms with Crippen LogP contribution in [0.5, 0.6) is 0 Å². The van der Waals surface area contributed by atoms with Crippen molar-refractivity contribution in [2.24, 2.45) is 4.99 Å². The minimum absolute atomic E-state index is 0.447. The first-order valence-electron chi connectivity index (χ1n) is 2.75. The van der Waals surface area contributed by atoms with Gasteiger partial charge in [-0.3, -0.25) is 4.99 Å². The molecule has 8 heavy (non-hydrogen) atoms. The molecule has 0 saturated carbocycles. The third-order valence-corrected chi connectivity index (χ3v) is 1.43. The zero-order valence-electron chi connectivity index (χ0n) is 5.93. The fourth-order valence-electron chi connectivity index (χ4n) is 0.416. The molecule has 1 nitrogen and oxygen atoms in total. The maximum Gasteiger partial charge on any atom is 0.0645 e. The second-order valence-electron chi connectivity index (χ2n) is 1.95. The molecule has 0 aromatic rings. The number of hydrogen-bond acceptors (Lipinski definition) is 2. The van der Waals surface area contributed by atoms with Gasteiger partial charge in [0.2, 0.25) is 0 Å². The minimum atomic E-state index is 0.447. The molecule has 0 amide bonds. The van der Waals surface area contributed by atoms with Crippen LogP contribution in [0, 0.1) is 0 Å². The molecule has 0 heterocycles. The summed E-state index contributed by atoms with van der Waals surface area (Å²) < 4.78 is 0. The van der Waals surface area contributed by atoms with E-state index in [2.05, 4.69) is 18.8 Å². The first-order chi connectivity index (χ1) is 3.66. The molecule has 0 N–H and O–H groups in total. The summed E-state index contributed by atoms with van der Waals surface area (Å²) in [5, 5.41) is 1.17. The highest BCUT2D eigenvalue weighted by atomic mass is 32.2. The number of thioether (sulfide) groups is 1. The Labute approximate surface area is 55.6 Å². The summed E-state index contributed by atoms with van der Waals surface area (Å²) in [7, 11) is 0. The van der Waals surface area contributed by atoms with Gasteiger partial charge in [0.1, 0.15) is 0 Å². The highest BCUT2D eigenvalue weighted by Gasteiger charge is 1.87. The predicted octanol–water partition coefficient (Wildman–Crippen LogP) is 2.18. The second-order valence-corrected chi connectivity index (χ2v) is 2.95. The van der Waals surface area contributed by atoms with E-state index in [4.69, 9.17) is 0 Å². The highest BCUT2D eigenvalue weighted by molar-refractivity contribution is 8.13. The molecule has 48 valence electrons. The summed E-state index contributed by atoms with van der Waals surface area (Å²) in [6, 6.07) is 0.447. The van der Waals surface area contributed by atoms with Gasteiger partial charge in [0, 0.05) is 6.04 Å². The highest BCUT2D eigenvalue weighted by Crippen LogP contribution is 1.98. The quantitative estimate of drug-likeness (QED) is 0.392. The van der Waals surface area contributed by atoms with E-state index in [1.54, 1.807) is 11.8 Å². The van der Waals surface area contributed by atoms with Gasteiger partial charge in [-0.2, -0.15) is 0 Å². The molecule has 0 aliphatic carbocycles. The fourth-order valence-corrected chi connectivity index (χ4v) is 0.733. The molecule has 0 saturated heterocycles. The Kier molecular flexibility index (Phi) is 3.97. The van der Waals surface area contributed by atoms with Crippen molar-refractivity contribution in [2.75, 3.05) is 6.26 Å². The first kappa shape index (κ1) is 8.02. The lowest BCUT2D eigenvalue weighted by molar-refractivity contribution is 0.839. The van der Waals surface area contributed by atoms with Crippen LogP contribution in [0.2, 0.25) is 0 Å². The smallest absolute Gasteiger partial charge is 0.0645 e. The van der Waals surface area contributed by atoms with Crippen molar-refractivity contribution < 1.29 is 0 Å². The SMILES string of the molecule is CSC(C)=NC(C)C. The monoisotopic (exact) mass is 131 g/mol. The lowest BCUT2D eigenvalue weighted by atomic mass is 10.4. The van der Waals surface area contributed by atoms with Crippen LogP contribution < -0.4 is 0 Å². The van der Waals surface area contributed by atoms with Crippen LogP contribution in [0.3, 0.4) is 0 Å². The Hall–Kier alpha value is 0.0200. The van der Waals surface area contributed by atoms with Crippen LogP contribution in [-0.4, -0.2) is 17.3 Å². The van der Waals surface area contributed by atoms with Gasteiger partial charge in [0.25, 0.3) is 0 Å². The van der Waals surface area contributed by atoms with Crippen LogP contribution in [0.15, 0.2) is 4.99 Å². The number of aliphatic imine (C=N–C) groups is 1. The van der Waals surface area contributed by atoms with Gasteiger partial charge in [0.05, 0.1) is 5.04 Å². The van der Waals surface area contributed by atoms with Gasteiger partial charge in [-0.25, -0.2) is 0 Å². The number of rotatable bonds is 1. The van der Waals surface area contributed by atoms with Gasteiger partial charge in [-0.05, 0) is 27.0 Å². The van der Waals surface area contributed by atoms with Gasteiger partial charge in [-0.1, -0.05) is 0 Å². The van der Waals surface area contributed by atoms with Gasteiger partial charge >= 0.3 is 0 Å². The molecule has 0 fully saturated rings. The van der Waals surface area contributed by atoms with E-state index in [0.717, 1.165) is 0 Å². The van der Waals surface area contributed by atoms with E-state index in [9.17, 15) is 0 Å².